The average Bonchev–Trinajstić information content (AvgIpc) is 3.10. The maximum absolute atomic E-state index is 5.45. The molecule has 0 unspecified atom stereocenters. The first kappa shape index (κ1) is 13.6. The van der Waals surface area contributed by atoms with Crippen LogP contribution in [0.4, 0.5) is 5.69 Å². The SMILES string of the molecule is Cc1csc(-c2ccc(N[C@H](C)[C@@H]3CCOC3)cc2)n1. The zero-order chi connectivity index (χ0) is 13.9. The monoisotopic (exact) mass is 288 g/mol. The predicted molar refractivity (Wildman–Crippen MR) is 84.3 cm³/mol. The molecule has 0 bridgehead atoms. The Labute approximate surface area is 124 Å². The number of nitrogens with one attached hydrogen (secondary N) is 1. The first-order valence-corrected chi connectivity index (χ1v) is 7.97. The normalized spacial score (nSPS) is 20.0. The Balaban J connectivity index is 1.66. The molecule has 0 amide bonds. The largest absolute Gasteiger partial charge is 0.382 e. The molecular formula is C16H20N2OS. The molecule has 106 valence electrons. The van der Waals surface area contributed by atoms with Crippen molar-refractivity contribution < 1.29 is 4.74 Å². The summed E-state index contributed by atoms with van der Waals surface area (Å²) in [4.78, 5) is 4.52. The van der Waals surface area contributed by atoms with Gasteiger partial charge in [-0.1, -0.05) is 0 Å². The third-order valence-electron chi connectivity index (χ3n) is 3.82. The zero-order valence-electron chi connectivity index (χ0n) is 11.9. The predicted octanol–water partition coefficient (Wildman–Crippen LogP) is 3.96. The molecule has 1 fully saturated rings. The van der Waals surface area contributed by atoms with Crippen molar-refractivity contribution >= 4 is 17.0 Å². The van der Waals surface area contributed by atoms with Crippen LogP contribution in [0.25, 0.3) is 10.6 Å². The molecule has 0 saturated carbocycles. The minimum atomic E-state index is 0.449. The van der Waals surface area contributed by atoms with E-state index in [1.165, 1.54) is 11.3 Å². The number of benzene rings is 1. The molecule has 1 saturated heterocycles. The molecule has 2 aromatic rings. The number of aryl methyl sites for hydroxylation is 1. The lowest BCUT2D eigenvalue weighted by atomic mass is 10.0. The third kappa shape index (κ3) is 3.02. The average molecular weight is 288 g/mol. The molecule has 4 heteroatoms. The van der Waals surface area contributed by atoms with Crippen LogP contribution in [0.2, 0.25) is 0 Å². The van der Waals surface area contributed by atoms with E-state index in [4.69, 9.17) is 4.74 Å². The maximum Gasteiger partial charge on any atom is 0.123 e. The van der Waals surface area contributed by atoms with E-state index in [1.807, 2.05) is 6.92 Å². The molecule has 1 aliphatic heterocycles. The Morgan fingerprint density at radius 1 is 1.35 bits per heavy atom. The van der Waals surface area contributed by atoms with Gasteiger partial charge in [-0.25, -0.2) is 4.98 Å². The van der Waals surface area contributed by atoms with Crippen LogP contribution >= 0.6 is 11.3 Å². The summed E-state index contributed by atoms with van der Waals surface area (Å²) in [7, 11) is 0. The fourth-order valence-electron chi connectivity index (χ4n) is 2.52. The van der Waals surface area contributed by atoms with Crippen molar-refractivity contribution in [2.24, 2.45) is 5.92 Å². The van der Waals surface area contributed by atoms with E-state index < -0.39 is 0 Å². The van der Waals surface area contributed by atoms with Gasteiger partial charge in [0.2, 0.25) is 0 Å². The second-order valence-electron chi connectivity index (χ2n) is 5.43. The summed E-state index contributed by atoms with van der Waals surface area (Å²) in [5, 5.41) is 6.75. The number of hydrogen-bond donors (Lipinski definition) is 1. The van der Waals surface area contributed by atoms with Gasteiger partial charge in [0.25, 0.3) is 0 Å². The topological polar surface area (TPSA) is 34.1 Å². The lowest BCUT2D eigenvalue weighted by Gasteiger charge is -2.20. The number of hydrogen-bond acceptors (Lipinski definition) is 4. The minimum absolute atomic E-state index is 0.449. The molecule has 1 N–H and O–H groups in total. The van der Waals surface area contributed by atoms with E-state index in [-0.39, 0.29) is 0 Å². The molecule has 1 aromatic carbocycles. The third-order valence-corrected chi connectivity index (χ3v) is 4.83. The molecule has 0 radical (unpaired) electrons. The number of anilines is 1. The molecule has 1 aliphatic rings. The summed E-state index contributed by atoms with van der Waals surface area (Å²) in [6.45, 7) is 6.04. The Bertz CT molecular complexity index is 558. The lowest BCUT2D eigenvalue weighted by Crippen LogP contribution is -2.25. The Morgan fingerprint density at radius 2 is 2.15 bits per heavy atom. The van der Waals surface area contributed by atoms with Gasteiger partial charge in [0.15, 0.2) is 0 Å². The van der Waals surface area contributed by atoms with Crippen molar-refractivity contribution in [3.8, 4) is 10.6 Å². The van der Waals surface area contributed by atoms with Crippen LogP contribution in [-0.2, 0) is 4.74 Å². The lowest BCUT2D eigenvalue weighted by molar-refractivity contribution is 0.183. The van der Waals surface area contributed by atoms with Gasteiger partial charge < -0.3 is 10.1 Å². The highest BCUT2D eigenvalue weighted by atomic mass is 32.1. The molecule has 20 heavy (non-hydrogen) atoms. The van der Waals surface area contributed by atoms with Crippen molar-refractivity contribution in [1.29, 1.82) is 0 Å². The number of rotatable bonds is 4. The molecular weight excluding hydrogens is 268 g/mol. The van der Waals surface area contributed by atoms with E-state index in [2.05, 4.69) is 46.9 Å². The first-order valence-electron chi connectivity index (χ1n) is 7.09. The summed E-state index contributed by atoms with van der Waals surface area (Å²) in [5.74, 6) is 0.622. The van der Waals surface area contributed by atoms with Gasteiger partial charge in [-0.05, 0) is 44.5 Å². The standard InChI is InChI=1S/C16H20N2OS/c1-11-10-20-16(17-11)13-3-5-15(6-4-13)18-12(2)14-7-8-19-9-14/h3-6,10,12,14,18H,7-9H2,1-2H3/t12-,14-/m1/s1. The fraction of sp³-hybridized carbons (Fsp3) is 0.438. The Kier molecular flexibility index (Phi) is 4.03. The zero-order valence-corrected chi connectivity index (χ0v) is 12.7. The van der Waals surface area contributed by atoms with Crippen molar-refractivity contribution in [3.63, 3.8) is 0 Å². The van der Waals surface area contributed by atoms with Crippen molar-refractivity contribution in [2.45, 2.75) is 26.3 Å². The maximum atomic E-state index is 5.45. The fourth-order valence-corrected chi connectivity index (χ4v) is 3.33. The highest BCUT2D eigenvalue weighted by Gasteiger charge is 2.21. The Morgan fingerprint density at radius 3 is 2.75 bits per heavy atom. The van der Waals surface area contributed by atoms with Crippen LogP contribution in [0.1, 0.15) is 19.0 Å². The first-order chi connectivity index (χ1) is 9.72. The van der Waals surface area contributed by atoms with E-state index in [1.54, 1.807) is 11.3 Å². The van der Waals surface area contributed by atoms with Gasteiger partial charge in [-0.15, -0.1) is 11.3 Å². The summed E-state index contributed by atoms with van der Waals surface area (Å²) < 4.78 is 5.45. The van der Waals surface area contributed by atoms with E-state index in [9.17, 15) is 0 Å². The van der Waals surface area contributed by atoms with Gasteiger partial charge in [0.1, 0.15) is 5.01 Å². The molecule has 1 aromatic heterocycles. The van der Waals surface area contributed by atoms with Crippen LogP contribution in [0.3, 0.4) is 0 Å². The van der Waals surface area contributed by atoms with Crippen LogP contribution in [-0.4, -0.2) is 24.2 Å². The molecule has 3 nitrogen and oxygen atoms in total. The van der Waals surface area contributed by atoms with Crippen LogP contribution < -0.4 is 5.32 Å². The van der Waals surface area contributed by atoms with Gasteiger partial charge in [0.05, 0.1) is 6.61 Å². The van der Waals surface area contributed by atoms with Crippen LogP contribution in [0.15, 0.2) is 29.6 Å². The van der Waals surface area contributed by atoms with Gasteiger partial charge >= 0.3 is 0 Å². The van der Waals surface area contributed by atoms with Crippen molar-refractivity contribution in [2.75, 3.05) is 18.5 Å². The smallest absolute Gasteiger partial charge is 0.123 e. The summed E-state index contributed by atoms with van der Waals surface area (Å²) in [6, 6.07) is 9.00. The summed E-state index contributed by atoms with van der Waals surface area (Å²) in [6.07, 6.45) is 1.16. The molecule has 2 atom stereocenters. The number of nitrogens with zero attached hydrogens (tertiary/aromatic N) is 1. The second-order valence-corrected chi connectivity index (χ2v) is 6.29. The summed E-state index contributed by atoms with van der Waals surface area (Å²) >= 11 is 1.69. The number of ether oxygens (including phenoxy) is 1. The van der Waals surface area contributed by atoms with Crippen molar-refractivity contribution in [3.05, 3.63) is 35.3 Å². The molecule has 3 rings (SSSR count). The van der Waals surface area contributed by atoms with Crippen LogP contribution in [0.5, 0.6) is 0 Å². The number of aromatic nitrogens is 1. The second kappa shape index (κ2) is 5.94. The highest BCUT2D eigenvalue weighted by molar-refractivity contribution is 7.13. The van der Waals surface area contributed by atoms with Crippen LogP contribution in [0, 0.1) is 12.8 Å². The Hall–Kier alpha value is -1.39. The van der Waals surface area contributed by atoms with Gasteiger partial charge in [-0.2, -0.15) is 0 Å². The van der Waals surface area contributed by atoms with E-state index in [0.717, 1.165) is 30.3 Å². The molecule has 2 heterocycles. The van der Waals surface area contributed by atoms with Crippen molar-refractivity contribution in [1.82, 2.24) is 4.98 Å². The highest BCUT2D eigenvalue weighted by Crippen LogP contribution is 2.26. The minimum Gasteiger partial charge on any atom is -0.382 e. The van der Waals surface area contributed by atoms with Gasteiger partial charge in [-0.3, -0.25) is 0 Å². The van der Waals surface area contributed by atoms with E-state index >= 15 is 0 Å². The van der Waals surface area contributed by atoms with E-state index in [0.29, 0.717) is 12.0 Å². The quantitative estimate of drug-likeness (QED) is 0.925. The molecule has 0 spiro atoms. The summed E-state index contributed by atoms with van der Waals surface area (Å²) in [5.41, 5.74) is 3.44. The number of thiazole rings is 1. The van der Waals surface area contributed by atoms with Gasteiger partial charge in [0, 0.05) is 40.9 Å². The molecule has 0 aliphatic carbocycles.